The van der Waals surface area contributed by atoms with Gasteiger partial charge >= 0.3 is 0 Å². The van der Waals surface area contributed by atoms with Gasteiger partial charge in [0.15, 0.2) is 0 Å². The smallest absolute Gasteiger partial charge is 0.0314 e. The van der Waals surface area contributed by atoms with Crippen molar-refractivity contribution in [1.82, 2.24) is 0 Å². The van der Waals surface area contributed by atoms with E-state index in [9.17, 15) is 0 Å². The lowest BCUT2D eigenvalue weighted by Gasteiger charge is -2.05. The first kappa shape index (κ1) is 15.6. The van der Waals surface area contributed by atoms with Crippen LogP contribution in [0.15, 0.2) is 48.5 Å². The summed E-state index contributed by atoms with van der Waals surface area (Å²) in [6, 6.07) is 17.3. The van der Waals surface area contributed by atoms with E-state index >= 15 is 0 Å². The third-order valence-electron chi connectivity index (χ3n) is 3.98. The van der Waals surface area contributed by atoms with Gasteiger partial charge in [-0.05, 0) is 48.1 Å². The zero-order chi connectivity index (χ0) is 14.9. The quantitative estimate of drug-likeness (QED) is 0.510. The Hall–Kier alpha value is -1.76. The van der Waals surface area contributed by atoms with E-state index in [1.165, 1.54) is 55.2 Å². The topological polar surface area (TPSA) is 26.0 Å². The fraction of sp³-hybridized carbons (Fsp3) is 0.400. The predicted octanol–water partition coefficient (Wildman–Crippen LogP) is 5.37. The largest absolute Gasteiger partial charge is 0.399 e. The molecular formula is C20H27N. The van der Waals surface area contributed by atoms with Gasteiger partial charge in [0.2, 0.25) is 0 Å². The molecule has 0 heterocycles. The highest BCUT2D eigenvalue weighted by Crippen LogP contribution is 2.14. The molecule has 0 unspecified atom stereocenters. The number of hydrogen-bond donors (Lipinski definition) is 1. The first-order chi connectivity index (χ1) is 10.3. The summed E-state index contributed by atoms with van der Waals surface area (Å²) in [4.78, 5) is 0. The number of nitrogens with two attached hydrogens (primary N) is 1. The minimum Gasteiger partial charge on any atom is -0.399 e. The molecule has 1 heteroatoms. The molecule has 0 amide bonds. The monoisotopic (exact) mass is 281 g/mol. The van der Waals surface area contributed by atoms with E-state index in [-0.39, 0.29) is 0 Å². The van der Waals surface area contributed by atoms with Gasteiger partial charge in [-0.25, -0.2) is 0 Å². The highest BCUT2D eigenvalue weighted by atomic mass is 14.5. The first-order valence-corrected chi connectivity index (χ1v) is 8.20. The Balaban J connectivity index is 1.80. The summed E-state index contributed by atoms with van der Waals surface area (Å²) in [5.74, 6) is 0. The molecule has 2 aromatic rings. The van der Waals surface area contributed by atoms with Gasteiger partial charge < -0.3 is 5.73 Å². The lowest BCUT2D eigenvalue weighted by molar-refractivity contribution is 0.632. The highest BCUT2D eigenvalue weighted by molar-refractivity contribution is 5.40. The molecule has 0 aliphatic carbocycles. The van der Waals surface area contributed by atoms with Gasteiger partial charge in [0, 0.05) is 5.69 Å². The van der Waals surface area contributed by atoms with Crippen LogP contribution >= 0.6 is 0 Å². The van der Waals surface area contributed by atoms with Crippen LogP contribution in [0, 0.1) is 0 Å². The van der Waals surface area contributed by atoms with Crippen molar-refractivity contribution in [2.24, 2.45) is 0 Å². The van der Waals surface area contributed by atoms with Gasteiger partial charge in [-0.15, -0.1) is 0 Å². The van der Waals surface area contributed by atoms with Crippen molar-refractivity contribution < 1.29 is 0 Å². The molecule has 21 heavy (non-hydrogen) atoms. The van der Waals surface area contributed by atoms with Crippen LogP contribution < -0.4 is 5.73 Å². The lowest BCUT2D eigenvalue weighted by atomic mass is 10.0. The Morgan fingerprint density at radius 3 is 1.81 bits per heavy atom. The van der Waals surface area contributed by atoms with Crippen molar-refractivity contribution in [1.29, 1.82) is 0 Å². The average molecular weight is 281 g/mol. The summed E-state index contributed by atoms with van der Waals surface area (Å²) >= 11 is 0. The second-order valence-electron chi connectivity index (χ2n) is 5.90. The second kappa shape index (κ2) is 8.51. The van der Waals surface area contributed by atoms with E-state index in [1.54, 1.807) is 0 Å². The molecule has 2 N–H and O–H groups in total. The SMILES string of the molecule is CCCCCCCc1ccc(Cc2ccc(N)cc2)cc1. The van der Waals surface area contributed by atoms with Crippen LogP contribution in [0.25, 0.3) is 0 Å². The molecule has 0 saturated heterocycles. The molecule has 1 nitrogen and oxygen atoms in total. The molecule has 0 bridgehead atoms. The number of rotatable bonds is 8. The van der Waals surface area contributed by atoms with Gasteiger partial charge in [0.25, 0.3) is 0 Å². The van der Waals surface area contributed by atoms with Crippen LogP contribution in [0.5, 0.6) is 0 Å². The fourth-order valence-corrected chi connectivity index (χ4v) is 2.63. The Labute approximate surface area is 129 Å². The standard InChI is InChI=1S/C20H27N/c1-2-3-4-5-6-7-17-8-10-18(11-9-17)16-19-12-14-20(21)15-13-19/h8-15H,2-7,16,21H2,1H3. The molecule has 0 fully saturated rings. The van der Waals surface area contributed by atoms with E-state index in [1.807, 2.05) is 12.1 Å². The Morgan fingerprint density at radius 2 is 1.19 bits per heavy atom. The molecule has 0 atom stereocenters. The number of anilines is 1. The number of hydrogen-bond acceptors (Lipinski definition) is 1. The molecule has 0 radical (unpaired) electrons. The molecule has 0 saturated carbocycles. The van der Waals surface area contributed by atoms with E-state index in [0.717, 1.165) is 12.1 Å². The van der Waals surface area contributed by atoms with Gasteiger partial charge in [0.1, 0.15) is 0 Å². The number of unbranched alkanes of at least 4 members (excludes halogenated alkanes) is 4. The third-order valence-corrected chi connectivity index (χ3v) is 3.98. The summed E-state index contributed by atoms with van der Waals surface area (Å²) in [5, 5.41) is 0. The van der Waals surface area contributed by atoms with E-state index in [0.29, 0.717) is 0 Å². The summed E-state index contributed by atoms with van der Waals surface area (Å²) in [6.07, 6.45) is 8.95. The van der Waals surface area contributed by atoms with E-state index < -0.39 is 0 Å². The third kappa shape index (κ3) is 5.63. The average Bonchev–Trinajstić information content (AvgIpc) is 2.51. The van der Waals surface area contributed by atoms with Crippen molar-refractivity contribution in [2.45, 2.75) is 51.9 Å². The van der Waals surface area contributed by atoms with E-state index in [4.69, 9.17) is 5.73 Å². The van der Waals surface area contributed by atoms with Crippen LogP contribution in [0.2, 0.25) is 0 Å². The van der Waals surface area contributed by atoms with Crippen LogP contribution in [-0.4, -0.2) is 0 Å². The molecule has 0 spiro atoms. The van der Waals surface area contributed by atoms with Crippen LogP contribution in [0.3, 0.4) is 0 Å². The Kier molecular flexibility index (Phi) is 6.33. The summed E-state index contributed by atoms with van der Waals surface area (Å²) in [6.45, 7) is 2.26. The minimum atomic E-state index is 0.831. The summed E-state index contributed by atoms with van der Waals surface area (Å²) in [5.41, 5.74) is 10.7. The minimum absolute atomic E-state index is 0.831. The fourth-order valence-electron chi connectivity index (χ4n) is 2.63. The number of nitrogen functional groups attached to an aromatic ring is 1. The molecule has 112 valence electrons. The van der Waals surface area contributed by atoms with Gasteiger partial charge in [-0.2, -0.15) is 0 Å². The van der Waals surface area contributed by atoms with Crippen molar-refractivity contribution in [3.05, 3.63) is 65.2 Å². The first-order valence-electron chi connectivity index (χ1n) is 8.20. The predicted molar refractivity (Wildman–Crippen MR) is 92.6 cm³/mol. The molecule has 0 aliphatic rings. The molecule has 0 aromatic heterocycles. The van der Waals surface area contributed by atoms with Crippen molar-refractivity contribution in [3.63, 3.8) is 0 Å². The maximum absolute atomic E-state index is 5.72. The molecular weight excluding hydrogens is 254 g/mol. The molecule has 2 aromatic carbocycles. The molecule has 2 rings (SSSR count). The Bertz CT molecular complexity index is 511. The van der Waals surface area contributed by atoms with Crippen molar-refractivity contribution in [3.8, 4) is 0 Å². The normalized spacial score (nSPS) is 10.7. The van der Waals surface area contributed by atoms with Crippen LogP contribution in [0.1, 0.15) is 55.7 Å². The van der Waals surface area contributed by atoms with Gasteiger partial charge in [-0.1, -0.05) is 69.0 Å². The number of aryl methyl sites for hydroxylation is 1. The summed E-state index contributed by atoms with van der Waals surface area (Å²) in [7, 11) is 0. The van der Waals surface area contributed by atoms with Crippen molar-refractivity contribution >= 4 is 5.69 Å². The highest BCUT2D eigenvalue weighted by Gasteiger charge is 1.98. The van der Waals surface area contributed by atoms with E-state index in [2.05, 4.69) is 43.3 Å². The van der Waals surface area contributed by atoms with Crippen molar-refractivity contribution in [2.75, 3.05) is 5.73 Å². The van der Waals surface area contributed by atoms with Gasteiger partial charge in [0.05, 0.1) is 0 Å². The summed E-state index contributed by atoms with van der Waals surface area (Å²) < 4.78 is 0. The maximum Gasteiger partial charge on any atom is 0.0314 e. The molecule has 0 aliphatic heterocycles. The Morgan fingerprint density at radius 1 is 0.667 bits per heavy atom. The second-order valence-corrected chi connectivity index (χ2v) is 5.90. The lowest BCUT2D eigenvalue weighted by Crippen LogP contribution is -1.91. The number of benzene rings is 2. The van der Waals surface area contributed by atoms with Crippen LogP contribution in [-0.2, 0) is 12.8 Å². The maximum atomic E-state index is 5.72. The zero-order valence-corrected chi connectivity index (χ0v) is 13.1. The van der Waals surface area contributed by atoms with Gasteiger partial charge in [-0.3, -0.25) is 0 Å². The van der Waals surface area contributed by atoms with Crippen LogP contribution in [0.4, 0.5) is 5.69 Å². The zero-order valence-electron chi connectivity index (χ0n) is 13.1.